The van der Waals surface area contributed by atoms with Crippen LogP contribution < -0.4 is 10.0 Å². The third kappa shape index (κ3) is 5.81. The van der Waals surface area contributed by atoms with Crippen molar-refractivity contribution in [2.75, 3.05) is 25.6 Å². The van der Waals surface area contributed by atoms with Crippen molar-refractivity contribution in [3.05, 3.63) is 23.8 Å². The maximum Gasteiger partial charge on any atom is 0.335 e. The van der Waals surface area contributed by atoms with E-state index in [4.69, 9.17) is 9.84 Å². The number of carbonyl (C=O) groups is 1. The lowest BCUT2D eigenvalue weighted by atomic mass is 10.2. The lowest BCUT2D eigenvalue weighted by Crippen LogP contribution is -2.36. The second-order valence-corrected chi connectivity index (χ2v) is 6.96. The molecule has 0 heterocycles. The fourth-order valence-corrected chi connectivity index (χ4v) is 3.47. The van der Waals surface area contributed by atoms with Gasteiger partial charge in [-0.05, 0) is 31.5 Å². The van der Waals surface area contributed by atoms with Crippen molar-refractivity contribution in [2.45, 2.75) is 37.6 Å². The number of rotatable bonds is 10. The SMILES string of the molecule is CCCCNc1ccc(C(=O)O)cc1S(=O)(=O)NC(C)COC. The molecule has 0 aliphatic rings. The summed E-state index contributed by atoms with van der Waals surface area (Å²) in [6.45, 7) is 4.53. The number of carboxylic acid groups (broad SMARTS) is 1. The summed E-state index contributed by atoms with van der Waals surface area (Å²) in [6.07, 6.45) is 1.85. The third-order valence-corrected chi connectivity index (χ3v) is 4.77. The molecule has 7 nitrogen and oxygen atoms in total. The van der Waals surface area contributed by atoms with Gasteiger partial charge in [-0.3, -0.25) is 0 Å². The Balaban J connectivity index is 3.16. The molecule has 0 spiro atoms. The number of hydrogen-bond acceptors (Lipinski definition) is 5. The summed E-state index contributed by atoms with van der Waals surface area (Å²) < 4.78 is 32.5. The molecule has 8 heteroatoms. The summed E-state index contributed by atoms with van der Waals surface area (Å²) >= 11 is 0. The second kappa shape index (κ2) is 8.85. The smallest absolute Gasteiger partial charge is 0.335 e. The van der Waals surface area contributed by atoms with E-state index in [0.29, 0.717) is 12.2 Å². The van der Waals surface area contributed by atoms with Crippen molar-refractivity contribution in [1.29, 1.82) is 0 Å². The van der Waals surface area contributed by atoms with E-state index in [9.17, 15) is 13.2 Å². The molecule has 1 atom stereocenters. The van der Waals surface area contributed by atoms with Gasteiger partial charge < -0.3 is 15.2 Å². The Morgan fingerprint density at radius 1 is 1.39 bits per heavy atom. The van der Waals surface area contributed by atoms with E-state index in [1.165, 1.54) is 25.3 Å². The number of nitrogens with one attached hydrogen (secondary N) is 2. The predicted molar refractivity (Wildman–Crippen MR) is 88.5 cm³/mol. The minimum absolute atomic E-state index is 0.0727. The topological polar surface area (TPSA) is 105 Å². The van der Waals surface area contributed by atoms with Gasteiger partial charge in [-0.15, -0.1) is 0 Å². The molecule has 1 aromatic carbocycles. The molecule has 1 aromatic rings. The van der Waals surface area contributed by atoms with E-state index in [-0.39, 0.29) is 17.1 Å². The number of ether oxygens (including phenoxy) is 1. The summed E-state index contributed by atoms with van der Waals surface area (Å²) in [5, 5.41) is 12.1. The number of benzene rings is 1. The molecule has 0 aliphatic heterocycles. The number of hydrogen-bond donors (Lipinski definition) is 3. The van der Waals surface area contributed by atoms with Crippen molar-refractivity contribution in [2.24, 2.45) is 0 Å². The fourth-order valence-electron chi connectivity index (χ4n) is 2.04. The van der Waals surface area contributed by atoms with Crippen LogP contribution in [0.4, 0.5) is 5.69 Å². The highest BCUT2D eigenvalue weighted by Crippen LogP contribution is 2.23. The highest BCUT2D eigenvalue weighted by Gasteiger charge is 2.22. The van der Waals surface area contributed by atoms with Gasteiger partial charge in [0, 0.05) is 19.7 Å². The molecule has 0 aliphatic carbocycles. The lowest BCUT2D eigenvalue weighted by Gasteiger charge is -2.17. The first-order chi connectivity index (χ1) is 10.8. The van der Waals surface area contributed by atoms with Gasteiger partial charge in [0.05, 0.1) is 17.9 Å². The summed E-state index contributed by atoms with van der Waals surface area (Å²) in [5.74, 6) is -1.17. The molecule has 0 aromatic heterocycles. The van der Waals surface area contributed by atoms with Gasteiger partial charge in [-0.25, -0.2) is 17.9 Å². The zero-order valence-electron chi connectivity index (χ0n) is 13.6. The quantitative estimate of drug-likeness (QED) is 0.560. The van der Waals surface area contributed by atoms with Crippen molar-refractivity contribution in [3.63, 3.8) is 0 Å². The molecule has 3 N–H and O–H groups in total. The largest absolute Gasteiger partial charge is 0.478 e. The highest BCUT2D eigenvalue weighted by atomic mass is 32.2. The number of anilines is 1. The Hall–Kier alpha value is -1.64. The molecular formula is C15H24N2O5S. The van der Waals surface area contributed by atoms with Crippen LogP contribution in [-0.2, 0) is 14.8 Å². The summed E-state index contributed by atoms with van der Waals surface area (Å²) in [6, 6.07) is 3.60. The van der Waals surface area contributed by atoms with E-state index in [1.807, 2.05) is 6.92 Å². The Labute approximate surface area is 137 Å². The molecular weight excluding hydrogens is 320 g/mol. The molecule has 0 fully saturated rings. The average molecular weight is 344 g/mol. The first kappa shape index (κ1) is 19.4. The zero-order chi connectivity index (χ0) is 17.5. The average Bonchev–Trinajstić information content (AvgIpc) is 2.47. The van der Waals surface area contributed by atoms with Gasteiger partial charge in [0.1, 0.15) is 4.90 Å². The molecule has 1 unspecified atom stereocenters. The van der Waals surface area contributed by atoms with Gasteiger partial charge in [-0.1, -0.05) is 13.3 Å². The minimum Gasteiger partial charge on any atom is -0.478 e. The van der Waals surface area contributed by atoms with E-state index >= 15 is 0 Å². The first-order valence-electron chi connectivity index (χ1n) is 7.44. The minimum atomic E-state index is -3.86. The molecule has 23 heavy (non-hydrogen) atoms. The van der Waals surface area contributed by atoms with Gasteiger partial charge in [0.15, 0.2) is 0 Å². The van der Waals surface area contributed by atoms with Crippen LogP contribution in [0, 0.1) is 0 Å². The Morgan fingerprint density at radius 3 is 2.65 bits per heavy atom. The van der Waals surface area contributed by atoms with Gasteiger partial charge >= 0.3 is 5.97 Å². The first-order valence-corrected chi connectivity index (χ1v) is 8.92. The third-order valence-electron chi connectivity index (χ3n) is 3.14. The van der Waals surface area contributed by atoms with Gasteiger partial charge in [-0.2, -0.15) is 0 Å². The van der Waals surface area contributed by atoms with Crippen molar-refractivity contribution in [3.8, 4) is 0 Å². The fraction of sp³-hybridized carbons (Fsp3) is 0.533. The van der Waals surface area contributed by atoms with Crippen LogP contribution >= 0.6 is 0 Å². The summed E-state index contributed by atoms with van der Waals surface area (Å²) in [7, 11) is -2.38. The monoisotopic (exact) mass is 344 g/mol. The number of methoxy groups -OCH3 is 1. The maximum absolute atomic E-state index is 12.5. The van der Waals surface area contributed by atoms with Crippen LogP contribution in [0.25, 0.3) is 0 Å². The Morgan fingerprint density at radius 2 is 2.09 bits per heavy atom. The van der Waals surface area contributed by atoms with Crippen molar-refractivity contribution < 1.29 is 23.1 Å². The summed E-state index contributed by atoms with van der Waals surface area (Å²) in [5.41, 5.74) is 0.311. The van der Waals surface area contributed by atoms with Crippen LogP contribution in [0.3, 0.4) is 0 Å². The molecule has 0 amide bonds. The molecule has 0 saturated heterocycles. The van der Waals surface area contributed by atoms with Crippen LogP contribution in [0.2, 0.25) is 0 Å². The van der Waals surface area contributed by atoms with Crippen LogP contribution in [-0.4, -0.2) is 45.8 Å². The van der Waals surface area contributed by atoms with Crippen LogP contribution in [0.5, 0.6) is 0 Å². The number of carboxylic acids is 1. The van der Waals surface area contributed by atoms with Crippen LogP contribution in [0.1, 0.15) is 37.0 Å². The zero-order valence-corrected chi connectivity index (χ0v) is 14.4. The molecule has 1 rings (SSSR count). The molecule has 0 radical (unpaired) electrons. The van der Waals surface area contributed by atoms with Crippen molar-refractivity contribution >= 4 is 21.7 Å². The molecule has 0 bridgehead atoms. The van der Waals surface area contributed by atoms with E-state index in [1.54, 1.807) is 6.92 Å². The lowest BCUT2D eigenvalue weighted by molar-refractivity contribution is 0.0696. The predicted octanol–water partition coefficient (Wildman–Crippen LogP) is 1.91. The van der Waals surface area contributed by atoms with Crippen LogP contribution in [0.15, 0.2) is 23.1 Å². The normalized spacial score (nSPS) is 12.8. The van der Waals surface area contributed by atoms with Gasteiger partial charge in [0.2, 0.25) is 10.0 Å². The Kier molecular flexibility index (Phi) is 7.47. The maximum atomic E-state index is 12.5. The number of unbranched alkanes of at least 4 members (excludes halogenated alkanes) is 1. The van der Waals surface area contributed by atoms with Crippen molar-refractivity contribution in [1.82, 2.24) is 4.72 Å². The Bertz CT molecular complexity index is 631. The van der Waals surface area contributed by atoms with E-state index in [2.05, 4.69) is 10.0 Å². The number of aromatic carboxylic acids is 1. The number of sulfonamides is 1. The summed E-state index contributed by atoms with van der Waals surface area (Å²) in [4.78, 5) is 11.0. The molecule has 130 valence electrons. The highest BCUT2D eigenvalue weighted by molar-refractivity contribution is 7.89. The standard InChI is InChI=1S/C15H24N2O5S/c1-4-5-8-16-13-7-6-12(15(18)19)9-14(13)23(20,21)17-11(2)10-22-3/h6-7,9,11,16-17H,4-5,8,10H2,1-3H3,(H,18,19). The van der Waals surface area contributed by atoms with E-state index < -0.39 is 22.0 Å². The van der Waals surface area contributed by atoms with E-state index in [0.717, 1.165) is 12.8 Å². The second-order valence-electron chi connectivity index (χ2n) is 5.27. The van der Waals surface area contributed by atoms with Gasteiger partial charge in [0.25, 0.3) is 0 Å². The molecule has 0 saturated carbocycles.